The molecule has 0 atom stereocenters. The quantitative estimate of drug-likeness (QED) is 0.852. The van der Waals surface area contributed by atoms with Gasteiger partial charge >= 0.3 is 6.09 Å². The van der Waals surface area contributed by atoms with E-state index in [4.69, 9.17) is 10.5 Å². The van der Waals surface area contributed by atoms with Gasteiger partial charge in [0.15, 0.2) is 5.13 Å². The number of aryl methyl sites for hydroxylation is 1. The second-order valence-electron chi connectivity index (χ2n) is 5.20. The summed E-state index contributed by atoms with van der Waals surface area (Å²) in [4.78, 5) is 29.3. The zero-order valence-electron chi connectivity index (χ0n) is 12.7. The summed E-state index contributed by atoms with van der Waals surface area (Å²) in [5.74, 6) is 0.0150. The first-order valence-electron chi connectivity index (χ1n) is 7.49. The maximum atomic E-state index is 11.9. The summed E-state index contributed by atoms with van der Waals surface area (Å²) in [6.45, 7) is 3.41. The van der Waals surface area contributed by atoms with E-state index in [1.807, 2.05) is 5.38 Å². The Labute approximate surface area is 133 Å². The zero-order chi connectivity index (χ0) is 15.9. The van der Waals surface area contributed by atoms with Crippen LogP contribution in [0, 0.1) is 0 Å². The van der Waals surface area contributed by atoms with Gasteiger partial charge in [-0.3, -0.25) is 4.79 Å². The van der Waals surface area contributed by atoms with Gasteiger partial charge in [0, 0.05) is 30.9 Å². The molecule has 1 aliphatic rings. The standard InChI is InChI=1S/C14H22N4O3S/c1-2-21-14(20)18-7-5-10(6-8-18)16-12(19)4-3-11-9-22-13(15)17-11/h9-10H,2-8H2,1H3,(H2,15,17)(H,16,19). The maximum absolute atomic E-state index is 11.9. The van der Waals surface area contributed by atoms with Gasteiger partial charge in [-0.05, 0) is 26.2 Å². The number of piperidine rings is 1. The Balaban J connectivity index is 1.67. The predicted molar refractivity (Wildman–Crippen MR) is 84.6 cm³/mol. The summed E-state index contributed by atoms with van der Waals surface area (Å²) in [5, 5.41) is 5.42. The summed E-state index contributed by atoms with van der Waals surface area (Å²) in [6.07, 6.45) is 2.25. The van der Waals surface area contributed by atoms with E-state index in [1.165, 1.54) is 11.3 Å². The van der Waals surface area contributed by atoms with Crippen molar-refractivity contribution in [1.29, 1.82) is 0 Å². The molecule has 0 unspecified atom stereocenters. The monoisotopic (exact) mass is 326 g/mol. The van der Waals surface area contributed by atoms with Gasteiger partial charge in [0.25, 0.3) is 0 Å². The number of nitrogens with zero attached hydrogens (tertiary/aromatic N) is 2. The van der Waals surface area contributed by atoms with Crippen LogP contribution < -0.4 is 11.1 Å². The highest BCUT2D eigenvalue weighted by Gasteiger charge is 2.24. The van der Waals surface area contributed by atoms with Gasteiger partial charge in [-0.15, -0.1) is 11.3 Å². The largest absolute Gasteiger partial charge is 0.450 e. The lowest BCUT2D eigenvalue weighted by Gasteiger charge is -2.31. The van der Waals surface area contributed by atoms with Crippen LogP contribution in [-0.2, 0) is 16.0 Å². The first kappa shape index (κ1) is 16.5. The van der Waals surface area contributed by atoms with Crippen molar-refractivity contribution in [2.45, 2.75) is 38.6 Å². The molecular weight excluding hydrogens is 304 g/mol. The minimum Gasteiger partial charge on any atom is -0.450 e. The third kappa shape index (κ3) is 4.87. The fourth-order valence-electron chi connectivity index (χ4n) is 2.40. The van der Waals surface area contributed by atoms with Crippen LogP contribution in [0.25, 0.3) is 0 Å². The van der Waals surface area contributed by atoms with E-state index in [1.54, 1.807) is 11.8 Å². The van der Waals surface area contributed by atoms with Crippen molar-refractivity contribution in [2.24, 2.45) is 0 Å². The normalized spacial score (nSPS) is 15.6. The zero-order valence-corrected chi connectivity index (χ0v) is 13.5. The van der Waals surface area contributed by atoms with Crippen LogP contribution in [0.4, 0.5) is 9.93 Å². The lowest BCUT2D eigenvalue weighted by molar-refractivity contribution is -0.122. The molecule has 1 aliphatic heterocycles. The van der Waals surface area contributed by atoms with Gasteiger partial charge in [0.05, 0.1) is 12.3 Å². The topological polar surface area (TPSA) is 97.5 Å². The number of amides is 2. The molecular formula is C14H22N4O3S. The first-order chi connectivity index (χ1) is 10.6. The van der Waals surface area contributed by atoms with Crippen LogP contribution in [0.2, 0.25) is 0 Å². The highest BCUT2D eigenvalue weighted by atomic mass is 32.1. The molecule has 0 radical (unpaired) electrons. The van der Waals surface area contributed by atoms with Crippen molar-refractivity contribution in [3.05, 3.63) is 11.1 Å². The molecule has 0 saturated carbocycles. The SMILES string of the molecule is CCOC(=O)N1CCC(NC(=O)CCc2csc(N)n2)CC1. The van der Waals surface area contributed by atoms with Crippen LogP contribution in [0.5, 0.6) is 0 Å². The Kier molecular flexibility index (Phi) is 6.00. The number of rotatable bonds is 5. The number of ether oxygens (including phenoxy) is 1. The van der Waals surface area contributed by atoms with Crippen LogP contribution in [0.1, 0.15) is 31.9 Å². The van der Waals surface area contributed by atoms with Crippen molar-refractivity contribution in [3.63, 3.8) is 0 Å². The molecule has 1 saturated heterocycles. The van der Waals surface area contributed by atoms with Crippen LogP contribution in [0.3, 0.4) is 0 Å². The van der Waals surface area contributed by atoms with Crippen LogP contribution >= 0.6 is 11.3 Å². The predicted octanol–water partition coefficient (Wildman–Crippen LogP) is 1.39. The number of nitrogens with two attached hydrogens (primary N) is 1. The average molecular weight is 326 g/mol. The maximum Gasteiger partial charge on any atom is 0.409 e. The second kappa shape index (κ2) is 7.98. The van der Waals surface area contributed by atoms with Gasteiger partial charge in [0.1, 0.15) is 0 Å². The number of hydrogen-bond acceptors (Lipinski definition) is 6. The molecule has 122 valence electrons. The van der Waals surface area contributed by atoms with Gasteiger partial charge < -0.3 is 20.7 Å². The number of carbonyl (C=O) groups excluding carboxylic acids is 2. The van der Waals surface area contributed by atoms with E-state index >= 15 is 0 Å². The number of anilines is 1. The molecule has 2 rings (SSSR count). The van der Waals surface area contributed by atoms with Gasteiger partial charge in [-0.1, -0.05) is 0 Å². The van der Waals surface area contributed by atoms with Crippen molar-refractivity contribution in [3.8, 4) is 0 Å². The molecule has 0 bridgehead atoms. The van der Waals surface area contributed by atoms with Crippen molar-refractivity contribution in [1.82, 2.24) is 15.2 Å². The average Bonchev–Trinajstić information content (AvgIpc) is 2.92. The van der Waals surface area contributed by atoms with E-state index in [9.17, 15) is 9.59 Å². The summed E-state index contributed by atoms with van der Waals surface area (Å²) in [6, 6.07) is 0.124. The number of thiazole rings is 1. The molecule has 2 heterocycles. The smallest absolute Gasteiger partial charge is 0.409 e. The number of nitrogens with one attached hydrogen (secondary N) is 1. The van der Waals surface area contributed by atoms with Crippen molar-refractivity contribution in [2.75, 3.05) is 25.4 Å². The molecule has 0 aliphatic carbocycles. The summed E-state index contributed by atoms with van der Waals surface area (Å²) < 4.78 is 4.97. The Hall–Kier alpha value is -1.83. The Morgan fingerprint density at radius 3 is 2.82 bits per heavy atom. The minimum absolute atomic E-state index is 0.0150. The van der Waals surface area contributed by atoms with Crippen molar-refractivity contribution >= 4 is 28.5 Å². The highest BCUT2D eigenvalue weighted by Crippen LogP contribution is 2.14. The first-order valence-corrected chi connectivity index (χ1v) is 8.37. The second-order valence-corrected chi connectivity index (χ2v) is 6.09. The number of likely N-dealkylation sites (tertiary alicyclic amines) is 1. The van der Waals surface area contributed by atoms with E-state index in [-0.39, 0.29) is 18.0 Å². The van der Waals surface area contributed by atoms with Gasteiger partial charge in [0.2, 0.25) is 5.91 Å². The van der Waals surface area contributed by atoms with E-state index in [0.29, 0.717) is 37.7 Å². The molecule has 1 aromatic heterocycles. The lowest BCUT2D eigenvalue weighted by atomic mass is 10.1. The molecule has 8 heteroatoms. The van der Waals surface area contributed by atoms with E-state index < -0.39 is 0 Å². The number of carbonyl (C=O) groups is 2. The van der Waals surface area contributed by atoms with Crippen molar-refractivity contribution < 1.29 is 14.3 Å². The lowest BCUT2D eigenvalue weighted by Crippen LogP contribution is -2.46. The molecule has 1 aromatic rings. The minimum atomic E-state index is -0.270. The summed E-state index contributed by atoms with van der Waals surface area (Å²) >= 11 is 1.38. The third-order valence-electron chi connectivity index (χ3n) is 3.56. The Morgan fingerprint density at radius 1 is 1.50 bits per heavy atom. The molecule has 0 aromatic carbocycles. The number of nitrogen functional groups attached to an aromatic ring is 1. The summed E-state index contributed by atoms with van der Waals surface area (Å²) in [5.41, 5.74) is 6.41. The number of hydrogen-bond donors (Lipinski definition) is 2. The molecule has 0 spiro atoms. The molecule has 1 fully saturated rings. The molecule has 7 nitrogen and oxygen atoms in total. The molecule has 2 amide bonds. The Morgan fingerprint density at radius 2 is 2.23 bits per heavy atom. The fraction of sp³-hybridized carbons (Fsp3) is 0.643. The third-order valence-corrected chi connectivity index (χ3v) is 4.29. The van der Waals surface area contributed by atoms with Crippen LogP contribution in [0.15, 0.2) is 5.38 Å². The van der Waals surface area contributed by atoms with Gasteiger partial charge in [-0.25, -0.2) is 9.78 Å². The van der Waals surface area contributed by atoms with Gasteiger partial charge in [-0.2, -0.15) is 0 Å². The molecule has 22 heavy (non-hydrogen) atoms. The van der Waals surface area contributed by atoms with Crippen LogP contribution in [-0.4, -0.2) is 47.6 Å². The van der Waals surface area contributed by atoms with E-state index in [2.05, 4.69) is 10.3 Å². The Bertz CT molecular complexity index is 512. The molecule has 3 N–H and O–H groups in total. The number of aromatic nitrogens is 1. The highest BCUT2D eigenvalue weighted by molar-refractivity contribution is 7.13. The summed E-state index contributed by atoms with van der Waals surface area (Å²) in [7, 11) is 0. The fourth-order valence-corrected chi connectivity index (χ4v) is 3.00. The van der Waals surface area contributed by atoms with E-state index in [0.717, 1.165) is 18.5 Å².